The van der Waals surface area contributed by atoms with E-state index in [1.54, 1.807) is 0 Å². The quantitative estimate of drug-likeness (QED) is 0.763. The smallest absolute Gasteiger partial charge is 0.229 e. The molecular weight excluding hydrogens is 326 g/mol. The van der Waals surface area contributed by atoms with Crippen LogP contribution in [0.25, 0.3) is 22.4 Å². The van der Waals surface area contributed by atoms with Gasteiger partial charge in [-0.2, -0.15) is 0 Å². The van der Waals surface area contributed by atoms with E-state index in [9.17, 15) is 9.59 Å². The fourth-order valence-electron chi connectivity index (χ4n) is 2.93. The minimum absolute atomic E-state index is 0.0575. The van der Waals surface area contributed by atoms with Crippen molar-refractivity contribution in [3.05, 3.63) is 24.0 Å². The number of aromatic amines is 1. The number of nitrogens with zero attached hydrogens (tertiary/aromatic N) is 3. The Hall–Kier alpha value is -2.61. The Morgan fingerprint density at radius 1 is 1.29 bits per heavy atom. The molecule has 8 heteroatoms. The van der Waals surface area contributed by atoms with Crippen LogP contribution in [-0.4, -0.2) is 31.6 Å². The monoisotopic (exact) mass is 341 g/mol. The second-order valence-corrected chi connectivity index (χ2v) is 6.66. The summed E-state index contributed by atoms with van der Waals surface area (Å²) in [6.07, 6.45) is 5.53. The number of rotatable bonds is 3. The summed E-state index contributed by atoms with van der Waals surface area (Å²) in [7, 11) is 0. The SMILES string of the molecule is O=C1CCC(C(=O)Nc2nc(-c3ncnc4[nH]ccc34)cs2)CC1. The molecule has 122 valence electrons. The van der Waals surface area contributed by atoms with Gasteiger partial charge in [0.2, 0.25) is 5.91 Å². The molecule has 0 aliphatic heterocycles. The fraction of sp³-hybridized carbons (Fsp3) is 0.312. The summed E-state index contributed by atoms with van der Waals surface area (Å²) < 4.78 is 0. The third-order valence-corrected chi connectivity index (χ3v) is 5.00. The van der Waals surface area contributed by atoms with E-state index in [0.29, 0.717) is 36.5 Å². The summed E-state index contributed by atoms with van der Waals surface area (Å²) in [6, 6.07) is 1.90. The first-order valence-corrected chi connectivity index (χ1v) is 8.65. The van der Waals surface area contributed by atoms with Crippen LogP contribution in [0.3, 0.4) is 0 Å². The molecule has 1 fully saturated rings. The van der Waals surface area contributed by atoms with E-state index in [-0.39, 0.29) is 17.6 Å². The van der Waals surface area contributed by atoms with Gasteiger partial charge in [0, 0.05) is 35.7 Å². The van der Waals surface area contributed by atoms with Crippen molar-refractivity contribution in [1.82, 2.24) is 19.9 Å². The molecule has 1 aliphatic carbocycles. The van der Waals surface area contributed by atoms with Gasteiger partial charge in [0.05, 0.1) is 0 Å². The molecule has 0 aromatic carbocycles. The van der Waals surface area contributed by atoms with Gasteiger partial charge < -0.3 is 10.3 Å². The topological polar surface area (TPSA) is 101 Å². The lowest BCUT2D eigenvalue weighted by Crippen LogP contribution is -2.27. The summed E-state index contributed by atoms with van der Waals surface area (Å²) in [5, 5.41) is 6.18. The van der Waals surface area contributed by atoms with Crippen LogP contribution in [0.5, 0.6) is 0 Å². The van der Waals surface area contributed by atoms with Gasteiger partial charge in [0.1, 0.15) is 29.1 Å². The Balaban J connectivity index is 1.52. The van der Waals surface area contributed by atoms with Gasteiger partial charge in [-0.3, -0.25) is 9.59 Å². The van der Waals surface area contributed by atoms with Crippen molar-refractivity contribution >= 4 is 39.2 Å². The van der Waals surface area contributed by atoms with Gasteiger partial charge in [-0.25, -0.2) is 15.0 Å². The largest absolute Gasteiger partial charge is 0.346 e. The molecular formula is C16H15N5O2S. The molecule has 0 atom stereocenters. The zero-order valence-corrected chi connectivity index (χ0v) is 13.6. The van der Waals surface area contributed by atoms with E-state index in [2.05, 4.69) is 25.3 Å². The van der Waals surface area contributed by atoms with Crippen LogP contribution in [0, 0.1) is 5.92 Å². The van der Waals surface area contributed by atoms with Crippen LogP contribution < -0.4 is 5.32 Å². The molecule has 3 heterocycles. The number of fused-ring (bicyclic) bond motifs is 1. The van der Waals surface area contributed by atoms with Crippen LogP contribution in [-0.2, 0) is 9.59 Å². The van der Waals surface area contributed by atoms with Crippen LogP contribution in [0.15, 0.2) is 24.0 Å². The first kappa shape index (κ1) is 14.9. The van der Waals surface area contributed by atoms with Crippen molar-refractivity contribution in [1.29, 1.82) is 0 Å². The first-order chi connectivity index (χ1) is 11.7. The molecule has 7 nitrogen and oxygen atoms in total. The number of Topliss-reactive ketones (excluding diaryl/α,β-unsaturated/α-hetero) is 1. The van der Waals surface area contributed by atoms with E-state index in [1.807, 2.05) is 17.6 Å². The third kappa shape index (κ3) is 2.80. The maximum Gasteiger partial charge on any atom is 0.229 e. The number of ketones is 1. The van der Waals surface area contributed by atoms with Gasteiger partial charge in [0.25, 0.3) is 0 Å². The normalized spacial score (nSPS) is 15.8. The van der Waals surface area contributed by atoms with Crippen LogP contribution in [0.2, 0.25) is 0 Å². The molecule has 3 aromatic heterocycles. The minimum Gasteiger partial charge on any atom is -0.346 e. The molecule has 1 saturated carbocycles. The molecule has 0 radical (unpaired) electrons. The number of hydrogen-bond donors (Lipinski definition) is 2. The number of hydrogen-bond acceptors (Lipinski definition) is 6. The minimum atomic E-state index is -0.106. The molecule has 1 aliphatic rings. The average molecular weight is 341 g/mol. The lowest BCUT2D eigenvalue weighted by Gasteiger charge is -2.19. The van der Waals surface area contributed by atoms with Gasteiger partial charge in [-0.1, -0.05) is 0 Å². The highest BCUT2D eigenvalue weighted by Crippen LogP contribution is 2.29. The zero-order chi connectivity index (χ0) is 16.5. The summed E-state index contributed by atoms with van der Waals surface area (Å²) in [5.41, 5.74) is 2.20. The summed E-state index contributed by atoms with van der Waals surface area (Å²) >= 11 is 1.37. The van der Waals surface area contributed by atoms with Crippen molar-refractivity contribution in [3.63, 3.8) is 0 Å². The molecule has 4 rings (SSSR count). The van der Waals surface area contributed by atoms with Gasteiger partial charge >= 0.3 is 0 Å². The van der Waals surface area contributed by atoms with Crippen LogP contribution in [0.4, 0.5) is 5.13 Å². The first-order valence-electron chi connectivity index (χ1n) is 7.77. The number of H-pyrrole nitrogens is 1. The van der Waals surface area contributed by atoms with E-state index in [4.69, 9.17) is 0 Å². The molecule has 2 N–H and O–H groups in total. The molecule has 0 bridgehead atoms. The number of carbonyl (C=O) groups is 2. The Kier molecular flexibility index (Phi) is 3.81. The number of anilines is 1. The Morgan fingerprint density at radius 2 is 2.12 bits per heavy atom. The van der Waals surface area contributed by atoms with E-state index in [0.717, 1.165) is 16.7 Å². The zero-order valence-electron chi connectivity index (χ0n) is 12.8. The highest BCUT2D eigenvalue weighted by molar-refractivity contribution is 7.14. The summed E-state index contributed by atoms with van der Waals surface area (Å²) in [5.74, 6) is 0.0817. The van der Waals surface area contributed by atoms with Crippen molar-refractivity contribution < 1.29 is 9.59 Å². The standard InChI is InChI=1S/C16H15N5O2S/c22-10-3-1-9(2-4-10)15(23)21-16-20-12(7-24-16)13-11-5-6-17-14(11)19-8-18-13/h5-9H,1-4H2,(H,17,18,19)(H,20,21,23). The lowest BCUT2D eigenvalue weighted by molar-refractivity contribution is -0.125. The number of amides is 1. The molecule has 3 aromatic rings. The van der Waals surface area contributed by atoms with Gasteiger partial charge in [-0.05, 0) is 18.9 Å². The van der Waals surface area contributed by atoms with E-state index in [1.165, 1.54) is 17.7 Å². The van der Waals surface area contributed by atoms with E-state index < -0.39 is 0 Å². The van der Waals surface area contributed by atoms with Gasteiger partial charge in [-0.15, -0.1) is 11.3 Å². The van der Waals surface area contributed by atoms with Crippen LogP contribution >= 0.6 is 11.3 Å². The van der Waals surface area contributed by atoms with Crippen molar-refractivity contribution in [3.8, 4) is 11.4 Å². The van der Waals surface area contributed by atoms with Gasteiger partial charge in [0.15, 0.2) is 5.13 Å². The van der Waals surface area contributed by atoms with Crippen LogP contribution in [0.1, 0.15) is 25.7 Å². The summed E-state index contributed by atoms with van der Waals surface area (Å²) in [4.78, 5) is 39.6. The number of nitrogens with one attached hydrogen (secondary N) is 2. The predicted octanol–water partition coefficient (Wildman–Crippen LogP) is 2.78. The summed E-state index contributed by atoms with van der Waals surface area (Å²) in [6.45, 7) is 0. The maximum absolute atomic E-state index is 12.3. The second-order valence-electron chi connectivity index (χ2n) is 5.80. The molecule has 24 heavy (non-hydrogen) atoms. The molecule has 0 spiro atoms. The number of thiazole rings is 1. The predicted molar refractivity (Wildman–Crippen MR) is 90.6 cm³/mol. The lowest BCUT2D eigenvalue weighted by atomic mass is 9.88. The second kappa shape index (κ2) is 6.12. The average Bonchev–Trinajstić information content (AvgIpc) is 3.24. The van der Waals surface area contributed by atoms with E-state index >= 15 is 0 Å². The number of aromatic nitrogens is 4. The fourth-order valence-corrected chi connectivity index (χ4v) is 3.62. The maximum atomic E-state index is 12.3. The number of carbonyl (C=O) groups excluding carboxylic acids is 2. The molecule has 0 saturated heterocycles. The van der Waals surface area contributed by atoms with Crippen molar-refractivity contribution in [2.24, 2.45) is 5.92 Å². The molecule has 1 amide bonds. The Labute approximate surface area is 141 Å². The van der Waals surface area contributed by atoms with Crippen molar-refractivity contribution in [2.45, 2.75) is 25.7 Å². The highest BCUT2D eigenvalue weighted by Gasteiger charge is 2.25. The highest BCUT2D eigenvalue weighted by atomic mass is 32.1. The Bertz CT molecular complexity index is 906. The molecule has 0 unspecified atom stereocenters. The Morgan fingerprint density at radius 3 is 2.96 bits per heavy atom. The third-order valence-electron chi connectivity index (χ3n) is 4.24. The van der Waals surface area contributed by atoms with Crippen molar-refractivity contribution in [2.75, 3.05) is 5.32 Å².